The van der Waals surface area contributed by atoms with E-state index in [0.717, 1.165) is 0 Å². The first-order valence-corrected chi connectivity index (χ1v) is 7.51. The largest absolute Gasteiger partial charge is 0.366 e. The summed E-state index contributed by atoms with van der Waals surface area (Å²) >= 11 is 0. The average Bonchev–Trinajstić information content (AvgIpc) is 2.82. The number of nitrogens with one attached hydrogen (secondary N) is 1. The van der Waals surface area contributed by atoms with Crippen LogP contribution < -0.4 is 5.43 Å². The van der Waals surface area contributed by atoms with Crippen LogP contribution in [0.1, 0.15) is 43.9 Å². The van der Waals surface area contributed by atoms with E-state index in [1.807, 2.05) is 6.92 Å². The number of alkyl halides is 2. The summed E-state index contributed by atoms with van der Waals surface area (Å²) in [6, 6.07) is 1.24. The Bertz CT molecular complexity index is 767. The Labute approximate surface area is 131 Å². The molecule has 3 rings (SSSR count). The third-order valence-electron chi connectivity index (χ3n) is 4.95. The van der Waals surface area contributed by atoms with E-state index in [0.29, 0.717) is 13.0 Å². The highest BCUT2D eigenvalue weighted by Gasteiger charge is 2.73. The van der Waals surface area contributed by atoms with E-state index in [1.54, 1.807) is 6.07 Å². The van der Waals surface area contributed by atoms with Crippen LogP contribution >= 0.6 is 0 Å². The van der Waals surface area contributed by atoms with Gasteiger partial charge in [-0.15, -0.1) is 0 Å². The van der Waals surface area contributed by atoms with Gasteiger partial charge < -0.3 is 9.88 Å². The van der Waals surface area contributed by atoms with Gasteiger partial charge in [0.15, 0.2) is 0 Å². The number of amides is 1. The SMILES string of the molecule is C[C@@H]1C[C@@H](c2c[nH]cc(C#N)c2=O)N(C(=O)C2(C)CC2(F)F)C1. The molecule has 1 aromatic heterocycles. The van der Waals surface area contributed by atoms with Gasteiger partial charge in [0.2, 0.25) is 11.3 Å². The lowest BCUT2D eigenvalue weighted by Crippen LogP contribution is -2.39. The van der Waals surface area contributed by atoms with Crippen LogP contribution in [-0.2, 0) is 4.79 Å². The second-order valence-corrected chi connectivity index (χ2v) is 6.79. The minimum atomic E-state index is -2.98. The van der Waals surface area contributed by atoms with Crippen molar-refractivity contribution in [3.05, 3.63) is 33.7 Å². The minimum Gasteiger partial charge on any atom is -0.366 e. The maximum absolute atomic E-state index is 13.6. The summed E-state index contributed by atoms with van der Waals surface area (Å²) in [7, 11) is 0. The predicted molar refractivity (Wildman–Crippen MR) is 77.7 cm³/mol. The van der Waals surface area contributed by atoms with Crippen LogP contribution in [0.25, 0.3) is 0 Å². The second kappa shape index (κ2) is 4.88. The smallest absolute Gasteiger partial charge is 0.263 e. The van der Waals surface area contributed by atoms with Gasteiger partial charge >= 0.3 is 0 Å². The van der Waals surface area contributed by atoms with Gasteiger partial charge in [0.25, 0.3) is 5.92 Å². The summed E-state index contributed by atoms with van der Waals surface area (Å²) in [6.45, 7) is 3.52. The standard InChI is InChI=1S/C16H17F2N3O2/c1-9-3-12(11-6-20-5-10(4-19)13(11)22)21(7-9)14(23)15(2)8-16(15,17)18/h5-6,9,12H,3,7-8H2,1-2H3,(H,20,22)/t9-,12+,15?/m1/s1. The fourth-order valence-corrected chi connectivity index (χ4v) is 3.35. The zero-order chi connectivity index (χ0) is 17.0. The maximum atomic E-state index is 13.6. The normalized spacial score (nSPS) is 31.7. The van der Waals surface area contributed by atoms with Crippen LogP contribution in [0.5, 0.6) is 0 Å². The molecule has 1 amide bonds. The molecule has 0 radical (unpaired) electrons. The molecule has 1 saturated heterocycles. The Morgan fingerprint density at radius 1 is 1.48 bits per heavy atom. The molecule has 1 saturated carbocycles. The number of aromatic amines is 1. The molecule has 0 bridgehead atoms. The topological polar surface area (TPSA) is 77.0 Å². The monoisotopic (exact) mass is 321 g/mol. The van der Waals surface area contributed by atoms with Crippen molar-refractivity contribution >= 4 is 5.91 Å². The van der Waals surface area contributed by atoms with E-state index in [1.165, 1.54) is 24.2 Å². The summed E-state index contributed by atoms with van der Waals surface area (Å²) in [5, 5.41) is 8.97. The quantitative estimate of drug-likeness (QED) is 0.907. The first-order valence-electron chi connectivity index (χ1n) is 7.51. The highest BCUT2D eigenvalue weighted by Crippen LogP contribution is 2.62. The summed E-state index contributed by atoms with van der Waals surface area (Å²) in [4.78, 5) is 29.1. The number of halogens is 2. The van der Waals surface area contributed by atoms with Crippen LogP contribution in [0.4, 0.5) is 8.78 Å². The number of nitrogens with zero attached hydrogens (tertiary/aromatic N) is 2. The van der Waals surface area contributed by atoms with Gasteiger partial charge in [-0.3, -0.25) is 9.59 Å². The zero-order valence-corrected chi connectivity index (χ0v) is 12.9. The number of hydrogen-bond donors (Lipinski definition) is 1. The summed E-state index contributed by atoms with van der Waals surface area (Å²) < 4.78 is 27.1. The van der Waals surface area contributed by atoms with Crippen molar-refractivity contribution in [2.75, 3.05) is 6.54 Å². The van der Waals surface area contributed by atoms with E-state index in [4.69, 9.17) is 5.26 Å². The van der Waals surface area contributed by atoms with Gasteiger partial charge in [0, 0.05) is 30.9 Å². The summed E-state index contributed by atoms with van der Waals surface area (Å²) in [5.41, 5.74) is -1.88. The van der Waals surface area contributed by atoms with Crippen LogP contribution in [0.2, 0.25) is 0 Å². The minimum absolute atomic E-state index is 0.0441. The van der Waals surface area contributed by atoms with Crippen molar-refractivity contribution in [1.82, 2.24) is 9.88 Å². The van der Waals surface area contributed by atoms with Crippen molar-refractivity contribution in [3.63, 3.8) is 0 Å². The van der Waals surface area contributed by atoms with Crippen molar-refractivity contribution in [1.29, 1.82) is 5.26 Å². The number of pyridine rings is 1. The Hall–Kier alpha value is -2.23. The van der Waals surface area contributed by atoms with E-state index in [2.05, 4.69) is 4.98 Å². The highest BCUT2D eigenvalue weighted by atomic mass is 19.3. The van der Waals surface area contributed by atoms with E-state index < -0.39 is 35.1 Å². The van der Waals surface area contributed by atoms with Crippen molar-refractivity contribution in [2.45, 2.75) is 38.7 Å². The molecule has 2 aliphatic rings. The van der Waals surface area contributed by atoms with Gasteiger partial charge in [0.1, 0.15) is 17.0 Å². The average molecular weight is 321 g/mol. The van der Waals surface area contributed by atoms with E-state index >= 15 is 0 Å². The van der Waals surface area contributed by atoms with Gasteiger partial charge in [-0.25, -0.2) is 8.78 Å². The number of hydrogen-bond acceptors (Lipinski definition) is 3. The van der Waals surface area contributed by atoms with Gasteiger partial charge in [-0.1, -0.05) is 6.92 Å². The Balaban J connectivity index is 1.98. The Morgan fingerprint density at radius 2 is 2.13 bits per heavy atom. The van der Waals surface area contributed by atoms with Crippen molar-refractivity contribution in [3.8, 4) is 6.07 Å². The van der Waals surface area contributed by atoms with Crippen LogP contribution in [-0.4, -0.2) is 28.3 Å². The molecular formula is C16H17F2N3O2. The zero-order valence-electron chi connectivity index (χ0n) is 12.9. The fourth-order valence-electron chi connectivity index (χ4n) is 3.35. The molecule has 7 heteroatoms. The first-order chi connectivity index (χ1) is 10.7. The van der Waals surface area contributed by atoms with E-state index in [9.17, 15) is 18.4 Å². The molecular weight excluding hydrogens is 304 g/mol. The van der Waals surface area contributed by atoms with Crippen LogP contribution in [0, 0.1) is 22.7 Å². The van der Waals surface area contributed by atoms with Crippen molar-refractivity contribution in [2.24, 2.45) is 11.3 Å². The molecule has 2 fully saturated rings. The predicted octanol–water partition coefficient (Wildman–Crippen LogP) is 2.20. The maximum Gasteiger partial charge on any atom is 0.263 e. The molecule has 0 spiro atoms. The molecule has 5 nitrogen and oxygen atoms in total. The van der Waals surface area contributed by atoms with Crippen molar-refractivity contribution < 1.29 is 13.6 Å². The van der Waals surface area contributed by atoms with Gasteiger partial charge in [-0.05, 0) is 19.3 Å². The lowest BCUT2D eigenvalue weighted by Gasteiger charge is -2.27. The number of aromatic nitrogens is 1. The molecule has 2 heterocycles. The number of rotatable bonds is 2. The van der Waals surface area contributed by atoms with E-state index in [-0.39, 0.29) is 17.0 Å². The third-order valence-corrected chi connectivity index (χ3v) is 4.95. The molecule has 0 aromatic carbocycles. The number of carbonyl (C=O) groups excluding carboxylic acids is 1. The molecule has 1 N–H and O–H groups in total. The molecule has 122 valence electrons. The van der Waals surface area contributed by atoms with Crippen LogP contribution in [0.3, 0.4) is 0 Å². The molecule has 3 atom stereocenters. The Morgan fingerprint density at radius 3 is 2.70 bits per heavy atom. The number of carbonyl (C=O) groups is 1. The number of nitriles is 1. The number of likely N-dealkylation sites (tertiary alicyclic amines) is 1. The van der Waals surface area contributed by atoms with Gasteiger partial charge in [-0.2, -0.15) is 5.26 Å². The lowest BCUT2D eigenvalue weighted by molar-refractivity contribution is -0.141. The summed E-state index contributed by atoms with van der Waals surface area (Å²) in [5.74, 6) is -3.50. The molecule has 1 unspecified atom stereocenters. The summed E-state index contributed by atoms with van der Waals surface area (Å²) in [6.07, 6.45) is 2.82. The number of H-pyrrole nitrogens is 1. The molecule has 1 aliphatic carbocycles. The molecule has 1 aromatic rings. The second-order valence-electron chi connectivity index (χ2n) is 6.79. The highest BCUT2D eigenvalue weighted by molar-refractivity contribution is 5.87. The fraction of sp³-hybridized carbons (Fsp3) is 0.562. The van der Waals surface area contributed by atoms with Gasteiger partial charge in [0.05, 0.1) is 6.04 Å². The lowest BCUT2D eigenvalue weighted by atomic mass is 10.00. The van der Waals surface area contributed by atoms with Crippen LogP contribution in [0.15, 0.2) is 17.2 Å². The first kappa shape index (κ1) is 15.7. The third kappa shape index (κ3) is 2.24. The molecule has 1 aliphatic heterocycles. The Kier molecular flexibility index (Phi) is 3.32. The molecule has 23 heavy (non-hydrogen) atoms.